The fourth-order valence-electron chi connectivity index (χ4n) is 4.55. The third-order valence-corrected chi connectivity index (χ3v) is 9.96. The summed E-state index contributed by atoms with van der Waals surface area (Å²) in [6, 6.07) is 4.63. The van der Waals surface area contributed by atoms with Crippen LogP contribution in [0.15, 0.2) is 30.5 Å². The van der Waals surface area contributed by atoms with Gasteiger partial charge >= 0.3 is 5.92 Å². The average Bonchev–Trinajstić information content (AvgIpc) is 2.83. The van der Waals surface area contributed by atoms with E-state index in [2.05, 4.69) is 20.3 Å². The number of amides is 1. The molecule has 0 aliphatic carbocycles. The van der Waals surface area contributed by atoms with Gasteiger partial charge in [0.25, 0.3) is 0 Å². The first kappa shape index (κ1) is 28.1. The predicted molar refractivity (Wildman–Crippen MR) is 141 cm³/mol. The first-order valence-electron chi connectivity index (χ1n) is 12.3. The van der Waals surface area contributed by atoms with Crippen molar-refractivity contribution in [3.05, 3.63) is 53.2 Å². The number of hydrogen-bond acceptors (Lipinski definition) is 7. The van der Waals surface area contributed by atoms with Crippen molar-refractivity contribution in [1.82, 2.24) is 19.9 Å². The minimum Gasteiger partial charge on any atom is -0.384 e. The second-order valence-electron chi connectivity index (χ2n) is 10.3. The maximum atomic E-state index is 15.4. The Bertz CT molecular complexity index is 1370. The van der Waals surface area contributed by atoms with Gasteiger partial charge in [0.15, 0.2) is 7.49 Å². The topological polar surface area (TPSA) is 111 Å². The molecule has 3 N–H and O–H groups in total. The van der Waals surface area contributed by atoms with E-state index in [-0.39, 0.29) is 11.5 Å². The Labute approximate surface area is 219 Å². The third-order valence-electron chi connectivity index (χ3n) is 6.99. The smallest absolute Gasteiger partial charge is 0.303 e. The number of carbonyl (C=O) groups is 1. The zero-order chi connectivity index (χ0) is 28.0. The minimum atomic E-state index is -3.82. The molecule has 1 atom stereocenters. The molecule has 0 bridgehead atoms. The largest absolute Gasteiger partial charge is 0.384 e. The molecule has 4 rings (SSSR count). The summed E-state index contributed by atoms with van der Waals surface area (Å²) < 4.78 is 45.0. The highest BCUT2D eigenvalue weighted by Gasteiger charge is 2.49. The lowest BCUT2D eigenvalue weighted by atomic mass is 9.91. The van der Waals surface area contributed by atoms with Gasteiger partial charge in [-0.15, -0.1) is 0 Å². The van der Waals surface area contributed by atoms with Crippen LogP contribution < -0.4 is 10.8 Å². The van der Waals surface area contributed by atoms with Gasteiger partial charge in [-0.3, -0.25) is 4.79 Å². The summed E-state index contributed by atoms with van der Waals surface area (Å²) in [6.07, 6.45) is 2.39. The SMILES string of the molecule is CC(=O)N1CC[P+](O)(c2cc3c(NC(C)c4cccc(C(F)(F)C(C)(C)O)c4F)nc(C)nc3cn2)CC1. The van der Waals surface area contributed by atoms with E-state index >= 15 is 4.39 Å². The molecule has 1 unspecified atom stereocenters. The predicted octanol–water partition coefficient (Wildman–Crippen LogP) is 3.92. The molecule has 12 heteroatoms. The second-order valence-corrected chi connectivity index (χ2v) is 13.5. The number of pyridine rings is 1. The van der Waals surface area contributed by atoms with Crippen LogP contribution in [-0.2, 0) is 10.7 Å². The lowest BCUT2D eigenvalue weighted by molar-refractivity contribution is -0.170. The van der Waals surface area contributed by atoms with Crippen molar-refractivity contribution in [2.45, 2.75) is 52.2 Å². The Balaban J connectivity index is 1.69. The summed E-state index contributed by atoms with van der Waals surface area (Å²) in [4.78, 5) is 38.2. The summed E-state index contributed by atoms with van der Waals surface area (Å²) >= 11 is 0. The Morgan fingerprint density at radius 1 is 1.21 bits per heavy atom. The normalized spacial score (nSPS) is 16.9. The standard InChI is InChI=1S/C26H32F3N5O3P/c1-15(18-7-6-8-20(23(18)27)26(28,29)25(4,5)36)31-24-19-13-22(30-14-21(19)32-16(2)33-24)38(37)11-9-34(10-12-38)17(3)35/h6-8,13-15,36-37H,9-12H2,1-5H3,(H,31,32,33)/q+1. The molecule has 1 amide bonds. The molecule has 2 aromatic heterocycles. The lowest BCUT2D eigenvalue weighted by Crippen LogP contribution is -2.42. The van der Waals surface area contributed by atoms with E-state index in [0.29, 0.717) is 53.4 Å². The van der Waals surface area contributed by atoms with Crippen LogP contribution in [0.3, 0.4) is 0 Å². The van der Waals surface area contributed by atoms with Crippen molar-refractivity contribution in [3.63, 3.8) is 0 Å². The van der Waals surface area contributed by atoms with Crippen LogP contribution in [0.4, 0.5) is 19.0 Å². The molecule has 3 aromatic rings. The Hall–Kier alpha value is -2.88. The number of anilines is 1. The van der Waals surface area contributed by atoms with E-state index < -0.39 is 36.4 Å². The molecule has 1 aromatic carbocycles. The first-order chi connectivity index (χ1) is 17.6. The number of aliphatic hydroxyl groups is 1. The highest BCUT2D eigenvalue weighted by molar-refractivity contribution is 7.77. The van der Waals surface area contributed by atoms with Crippen molar-refractivity contribution in [2.75, 3.05) is 30.7 Å². The second kappa shape index (κ2) is 10.0. The zero-order valence-corrected chi connectivity index (χ0v) is 22.9. The van der Waals surface area contributed by atoms with Crippen LogP contribution in [0, 0.1) is 12.7 Å². The molecule has 38 heavy (non-hydrogen) atoms. The molecule has 1 saturated heterocycles. The van der Waals surface area contributed by atoms with Crippen LogP contribution in [-0.4, -0.2) is 66.8 Å². The number of alkyl halides is 2. The Morgan fingerprint density at radius 2 is 1.87 bits per heavy atom. The van der Waals surface area contributed by atoms with Crippen molar-refractivity contribution >= 4 is 35.6 Å². The molecule has 0 spiro atoms. The molecule has 204 valence electrons. The van der Waals surface area contributed by atoms with Gasteiger partial charge in [-0.1, -0.05) is 12.1 Å². The number of carbonyl (C=O) groups excluding carboxylic acids is 1. The number of aryl methyl sites for hydroxylation is 1. The molecular formula is C26H32F3N5O3P+. The maximum Gasteiger partial charge on any atom is 0.303 e. The molecule has 1 aliphatic heterocycles. The van der Waals surface area contributed by atoms with Gasteiger partial charge in [0, 0.05) is 23.9 Å². The summed E-state index contributed by atoms with van der Waals surface area (Å²) in [6.45, 7) is 7.55. The van der Waals surface area contributed by atoms with Gasteiger partial charge in [0.05, 0.1) is 36.4 Å². The van der Waals surface area contributed by atoms with Gasteiger partial charge in [0.2, 0.25) is 11.3 Å². The number of aromatic nitrogens is 3. The van der Waals surface area contributed by atoms with Crippen LogP contribution in [0.2, 0.25) is 0 Å². The quantitative estimate of drug-likeness (QED) is 0.399. The van der Waals surface area contributed by atoms with Crippen molar-refractivity contribution < 1.29 is 28.0 Å². The van der Waals surface area contributed by atoms with Gasteiger partial charge in [0.1, 0.15) is 35.4 Å². The van der Waals surface area contributed by atoms with Crippen molar-refractivity contribution in [3.8, 4) is 0 Å². The molecule has 0 saturated carbocycles. The van der Waals surface area contributed by atoms with Gasteiger partial charge in [-0.05, 0) is 33.8 Å². The fraction of sp³-hybridized carbons (Fsp3) is 0.462. The highest BCUT2D eigenvalue weighted by Crippen LogP contribution is 2.54. The number of nitrogens with one attached hydrogen (secondary N) is 1. The van der Waals surface area contributed by atoms with Gasteiger partial charge in [-0.2, -0.15) is 8.78 Å². The number of halogens is 3. The van der Waals surface area contributed by atoms with E-state index in [0.717, 1.165) is 19.9 Å². The Kier molecular flexibility index (Phi) is 7.42. The van der Waals surface area contributed by atoms with E-state index in [1.54, 1.807) is 31.0 Å². The molecule has 0 radical (unpaired) electrons. The highest BCUT2D eigenvalue weighted by atomic mass is 31.2. The summed E-state index contributed by atoms with van der Waals surface area (Å²) in [5.74, 6) is -4.20. The van der Waals surface area contributed by atoms with E-state index in [9.17, 15) is 23.6 Å². The third kappa shape index (κ3) is 5.19. The fourth-order valence-corrected chi connectivity index (χ4v) is 7.02. The number of nitrogens with zero attached hydrogens (tertiary/aromatic N) is 4. The van der Waals surface area contributed by atoms with Gasteiger partial charge in [-0.25, -0.2) is 24.2 Å². The van der Waals surface area contributed by atoms with Crippen molar-refractivity contribution in [2.24, 2.45) is 0 Å². The Morgan fingerprint density at radius 3 is 2.47 bits per heavy atom. The molecule has 1 fully saturated rings. The zero-order valence-electron chi connectivity index (χ0n) is 22.0. The van der Waals surface area contributed by atoms with E-state index in [1.807, 2.05) is 0 Å². The van der Waals surface area contributed by atoms with Crippen LogP contribution in [0.1, 0.15) is 50.7 Å². The molecular weight excluding hydrogens is 518 g/mol. The number of fused-ring (bicyclic) bond motifs is 1. The van der Waals surface area contributed by atoms with Crippen LogP contribution >= 0.6 is 7.49 Å². The first-order valence-corrected chi connectivity index (χ1v) is 14.4. The summed E-state index contributed by atoms with van der Waals surface area (Å²) in [7, 11) is -2.63. The minimum absolute atomic E-state index is 0.0205. The summed E-state index contributed by atoms with van der Waals surface area (Å²) in [5, 5.41) is 13.6. The number of hydrogen-bond donors (Lipinski definition) is 3. The molecule has 8 nitrogen and oxygen atoms in total. The lowest BCUT2D eigenvalue weighted by Gasteiger charge is -2.31. The van der Waals surface area contributed by atoms with Crippen LogP contribution in [0.25, 0.3) is 10.9 Å². The average molecular weight is 551 g/mol. The van der Waals surface area contributed by atoms with E-state index in [4.69, 9.17) is 0 Å². The number of rotatable bonds is 6. The van der Waals surface area contributed by atoms with Gasteiger partial charge < -0.3 is 15.3 Å². The van der Waals surface area contributed by atoms with E-state index in [1.165, 1.54) is 19.1 Å². The van der Waals surface area contributed by atoms with Crippen molar-refractivity contribution in [1.29, 1.82) is 0 Å². The summed E-state index contributed by atoms with van der Waals surface area (Å²) in [5.41, 5.74) is -2.36. The maximum absolute atomic E-state index is 15.4. The monoisotopic (exact) mass is 550 g/mol. The number of benzene rings is 1. The molecule has 3 heterocycles. The van der Waals surface area contributed by atoms with Crippen LogP contribution in [0.5, 0.6) is 0 Å². The molecule has 1 aliphatic rings.